The first-order valence-corrected chi connectivity index (χ1v) is 11.6. The lowest BCUT2D eigenvalue weighted by Crippen LogP contribution is -2.49. The molecule has 9 nitrogen and oxygen atoms in total. The Morgan fingerprint density at radius 1 is 1.28 bits per heavy atom. The number of carbonyl (C=O) groups excluding carboxylic acids is 1. The molecule has 172 valence electrons. The minimum absolute atomic E-state index is 0. The maximum Gasteiger partial charge on any atom is 0.240 e. The van der Waals surface area contributed by atoms with E-state index in [4.69, 9.17) is 4.74 Å². The van der Waals surface area contributed by atoms with E-state index in [0.29, 0.717) is 25.7 Å². The van der Waals surface area contributed by atoms with Crippen LogP contribution in [0, 0.1) is 0 Å². The number of rotatable bonds is 9. The van der Waals surface area contributed by atoms with Gasteiger partial charge in [0.1, 0.15) is 0 Å². The van der Waals surface area contributed by atoms with E-state index in [9.17, 15) is 13.2 Å². The molecular weight excluding hydrogens is 509 g/mol. The number of amides is 1. The molecule has 0 radical (unpaired) electrons. The molecule has 1 rings (SSSR count). The average molecular weight is 548 g/mol. The topological polar surface area (TPSA) is 112 Å². The summed E-state index contributed by atoms with van der Waals surface area (Å²) in [5.41, 5.74) is -0.310. The van der Waals surface area contributed by atoms with E-state index in [1.165, 1.54) is 0 Å². The molecule has 1 saturated heterocycles. The van der Waals surface area contributed by atoms with E-state index in [1.807, 2.05) is 27.7 Å². The van der Waals surface area contributed by atoms with Crippen LogP contribution in [0.1, 0.15) is 47.0 Å². The number of carbonyl (C=O) groups is 1. The van der Waals surface area contributed by atoms with Crippen LogP contribution in [-0.2, 0) is 19.6 Å². The first-order valence-electron chi connectivity index (χ1n) is 9.92. The van der Waals surface area contributed by atoms with Gasteiger partial charge in [-0.25, -0.2) is 13.1 Å². The number of aliphatic imine (C=N–C) groups is 1. The van der Waals surface area contributed by atoms with E-state index in [2.05, 4.69) is 20.3 Å². The summed E-state index contributed by atoms with van der Waals surface area (Å²) in [4.78, 5) is 18.1. The zero-order valence-electron chi connectivity index (χ0n) is 18.3. The molecule has 1 fully saturated rings. The summed E-state index contributed by atoms with van der Waals surface area (Å²) in [5.74, 6) is 0.260. The number of guanidine groups is 1. The molecule has 0 bridgehead atoms. The van der Waals surface area contributed by atoms with Crippen molar-refractivity contribution in [2.45, 2.75) is 58.6 Å². The summed E-state index contributed by atoms with van der Waals surface area (Å²) in [6.45, 7) is 9.52. The summed E-state index contributed by atoms with van der Waals surface area (Å²) >= 11 is 0. The summed E-state index contributed by atoms with van der Waals surface area (Å²) < 4.78 is 32.5. The van der Waals surface area contributed by atoms with Crippen LogP contribution in [-0.4, -0.2) is 82.4 Å². The van der Waals surface area contributed by atoms with Crippen LogP contribution in [0.2, 0.25) is 0 Å². The van der Waals surface area contributed by atoms with Crippen LogP contribution < -0.4 is 15.4 Å². The van der Waals surface area contributed by atoms with Crippen LogP contribution in [0.3, 0.4) is 0 Å². The van der Waals surface area contributed by atoms with Crippen molar-refractivity contribution in [1.82, 2.24) is 20.3 Å². The minimum Gasteiger partial charge on any atom is -0.377 e. The van der Waals surface area contributed by atoms with E-state index in [1.54, 1.807) is 11.9 Å². The molecule has 29 heavy (non-hydrogen) atoms. The molecule has 1 amide bonds. The molecule has 3 N–H and O–H groups in total. The second-order valence-corrected chi connectivity index (χ2v) is 9.97. The number of hydrogen-bond donors (Lipinski definition) is 3. The Hall–Kier alpha value is -0.660. The molecule has 1 atom stereocenters. The quantitative estimate of drug-likeness (QED) is 0.225. The van der Waals surface area contributed by atoms with E-state index in [0.717, 1.165) is 19.3 Å². The fourth-order valence-electron chi connectivity index (χ4n) is 2.75. The number of nitrogens with zero attached hydrogens (tertiary/aromatic N) is 2. The van der Waals surface area contributed by atoms with E-state index < -0.39 is 10.0 Å². The maximum absolute atomic E-state index is 12.2. The molecule has 0 aromatic carbocycles. The van der Waals surface area contributed by atoms with Crippen molar-refractivity contribution in [1.29, 1.82) is 0 Å². The van der Waals surface area contributed by atoms with Gasteiger partial charge in [-0.1, -0.05) is 0 Å². The van der Waals surface area contributed by atoms with Gasteiger partial charge in [0.05, 0.1) is 24.9 Å². The average Bonchev–Trinajstić information content (AvgIpc) is 2.58. The highest BCUT2D eigenvalue weighted by atomic mass is 127. The van der Waals surface area contributed by atoms with Crippen LogP contribution in [0.5, 0.6) is 0 Å². The second-order valence-electron chi connectivity index (χ2n) is 8.05. The third-order valence-electron chi connectivity index (χ3n) is 4.02. The van der Waals surface area contributed by atoms with Gasteiger partial charge in [-0.05, 0) is 47.0 Å². The van der Waals surface area contributed by atoms with Crippen molar-refractivity contribution < 1.29 is 17.9 Å². The molecule has 0 spiro atoms. The third kappa shape index (κ3) is 13.3. The Kier molecular flexibility index (Phi) is 13.3. The van der Waals surface area contributed by atoms with E-state index >= 15 is 0 Å². The Balaban J connectivity index is 0.00000784. The number of sulfonamides is 1. The Morgan fingerprint density at radius 2 is 1.97 bits per heavy atom. The molecule has 1 unspecified atom stereocenters. The zero-order valence-corrected chi connectivity index (χ0v) is 21.4. The lowest BCUT2D eigenvalue weighted by Gasteiger charge is -2.25. The Labute approximate surface area is 192 Å². The van der Waals surface area contributed by atoms with E-state index in [-0.39, 0.29) is 60.4 Å². The summed E-state index contributed by atoms with van der Waals surface area (Å²) in [6.07, 6.45) is 2.94. The molecular formula is C18H38IN5O4S. The van der Waals surface area contributed by atoms with Gasteiger partial charge < -0.3 is 20.3 Å². The summed E-state index contributed by atoms with van der Waals surface area (Å²) in [6, 6.07) is 0. The highest BCUT2D eigenvalue weighted by Crippen LogP contribution is 2.11. The summed E-state index contributed by atoms with van der Waals surface area (Å²) in [5, 5.41) is 5.98. The SMILES string of the molecule is CCNC(=NCCS(=O)(=O)NCC1CCCCO1)N(C)CC(=O)NC(C)(C)C.I. The summed E-state index contributed by atoms with van der Waals surface area (Å²) in [7, 11) is -1.68. The monoisotopic (exact) mass is 547 g/mol. The van der Waals surface area contributed by atoms with Crippen LogP contribution in [0.15, 0.2) is 4.99 Å². The molecule has 1 heterocycles. The Bertz CT molecular complexity index is 616. The van der Waals surface area contributed by atoms with Gasteiger partial charge in [-0.2, -0.15) is 0 Å². The predicted molar refractivity (Wildman–Crippen MR) is 127 cm³/mol. The number of halogens is 1. The number of hydrogen-bond acceptors (Lipinski definition) is 5. The highest BCUT2D eigenvalue weighted by molar-refractivity contribution is 14.0. The smallest absolute Gasteiger partial charge is 0.240 e. The number of likely N-dealkylation sites (N-methyl/N-ethyl adjacent to an activating group) is 1. The molecule has 1 aliphatic heterocycles. The first kappa shape index (κ1) is 28.3. The second kappa shape index (κ2) is 13.6. The fourth-order valence-corrected chi connectivity index (χ4v) is 3.67. The standard InChI is InChI=1S/C18H37N5O4S.HI/c1-6-19-17(23(5)14-16(24)22-18(2,3)4)20-10-12-28(25,26)21-13-15-9-7-8-11-27-15;/h15,21H,6-14H2,1-5H3,(H,19,20)(H,22,24);1H. The van der Waals surface area contributed by atoms with Crippen molar-refractivity contribution in [2.24, 2.45) is 4.99 Å². The van der Waals surface area contributed by atoms with Gasteiger partial charge in [0, 0.05) is 32.3 Å². The maximum atomic E-state index is 12.2. The largest absolute Gasteiger partial charge is 0.377 e. The van der Waals surface area contributed by atoms with Gasteiger partial charge in [0.15, 0.2) is 5.96 Å². The normalized spacial score (nSPS) is 18.0. The molecule has 11 heteroatoms. The Morgan fingerprint density at radius 3 is 2.52 bits per heavy atom. The minimum atomic E-state index is -3.43. The van der Waals surface area contributed by atoms with Gasteiger partial charge in [0.2, 0.25) is 15.9 Å². The number of nitrogens with one attached hydrogen (secondary N) is 3. The molecule has 0 aliphatic carbocycles. The van der Waals surface area contributed by atoms with Gasteiger partial charge in [0.25, 0.3) is 0 Å². The van der Waals surface area contributed by atoms with Crippen LogP contribution >= 0.6 is 24.0 Å². The van der Waals surface area contributed by atoms with Crippen molar-refractivity contribution in [3.63, 3.8) is 0 Å². The molecule has 1 aliphatic rings. The lowest BCUT2D eigenvalue weighted by atomic mass is 10.1. The van der Waals surface area contributed by atoms with Gasteiger partial charge in [-0.15, -0.1) is 24.0 Å². The highest BCUT2D eigenvalue weighted by Gasteiger charge is 2.19. The van der Waals surface area contributed by atoms with Crippen LogP contribution in [0.4, 0.5) is 0 Å². The molecule has 0 saturated carbocycles. The fraction of sp³-hybridized carbons (Fsp3) is 0.889. The van der Waals surface area contributed by atoms with Crippen molar-refractivity contribution in [3.8, 4) is 0 Å². The van der Waals surface area contributed by atoms with Crippen molar-refractivity contribution >= 4 is 45.9 Å². The first-order chi connectivity index (χ1) is 13.0. The van der Waals surface area contributed by atoms with Crippen LogP contribution in [0.25, 0.3) is 0 Å². The zero-order chi connectivity index (χ0) is 21.2. The molecule has 0 aromatic rings. The van der Waals surface area contributed by atoms with Crippen molar-refractivity contribution in [2.75, 3.05) is 45.6 Å². The predicted octanol–water partition coefficient (Wildman–Crippen LogP) is 0.905. The third-order valence-corrected chi connectivity index (χ3v) is 5.34. The lowest BCUT2D eigenvalue weighted by molar-refractivity contribution is -0.122. The number of ether oxygens (including phenoxy) is 1. The van der Waals surface area contributed by atoms with Gasteiger partial charge >= 0.3 is 0 Å². The van der Waals surface area contributed by atoms with Crippen molar-refractivity contribution in [3.05, 3.63) is 0 Å². The van der Waals surface area contributed by atoms with Gasteiger partial charge in [-0.3, -0.25) is 9.79 Å². The molecule has 0 aromatic heterocycles.